The Morgan fingerprint density at radius 3 is 2.64 bits per heavy atom. The van der Waals surface area contributed by atoms with Crippen LogP contribution in [0.2, 0.25) is 0 Å². The number of nitro groups is 1. The number of nitrogens with zero attached hydrogens (tertiary/aromatic N) is 4. The van der Waals surface area contributed by atoms with Crippen molar-refractivity contribution in [3.05, 3.63) is 39.9 Å². The maximum atomic E-state index is 12.4. The van der Waals surface area contributed by atoms with Gasteiger partial charge >= 0.3 is 0 Å². The van der Waals surface area contributed by atoms with Crippen molar-refractivity contribution >= 4 is 41.5 Å². The van der Waals surface area contributed by atoms with Crippen LogP contribution in [0.25, 0.3) is 0 Å². The van der Waals surface area contributed by atoms with E-state index in [2.05, 4.69) is 15.2 Å². The van der Waals surface area contributed by atoms with Gasteiger partial charge in [0.1, 0.15) is 6.10 Å². The second-order valence-corrected chi connectivity index (χ2v) is 6.64. The third kappa shape index (κ3) is 5.53. The predicted molar refractivity (Wildman–Crippen MR) is 116 cm³/mol. The largest absolute Gasteiger partial charge is 0.368 e. The maximum absolute atomic E-state index is 12.4. The van der Waals surface area contributed by atoms with Crippen LogP contribution in [0.3, 0.4) is 0 Å². The molecule has 1 N–H and O–H groups in total. The minimum atomic E-state index is -0.400. The van der Waals surface area contributed by atoms with E-state index in [9.17, 15) is 14.9 Å². The summed E-state index contributed by atoms with van der Waals surface area (Å²) in [5.41, 5.74) is 0.892. The average Bonchev–Trinajstić information content (AvgIpc) is 3.23. The number of benzene rings is 1. The first-order valence-corrected chi connectivity index (χ1v) is 9.18. The van der Waals surface area contributed by atoms with E-state index in [1.807, 2.05) is 11.0 Å². The van der Waals surface area contributed by atoms with Gasteiger partial charge in [0.05, 0.1) is 4.92 Å². The molecule has 1 amide bonds. The van der Waals surface area contributed by atoms with E-state index >= 15 is 0 Å². The van der Waals surface area contributed by atoms with Crippen molar-refractivity contribution in [2.24, 2.45) is 4.99 Å². The predicted octanol–water partition coefficient (Wildman–Crippen LogP) is 1.61. The summed E-state index contributed by atoms with van der Waals surface area (Å²) < 4.78 is 5.49. The number of piperazine rings is 1. The quantitative estimate of drug-likeness (QED) is 0.220. The molecule has 1 atom stereocenters. The molecular formula is C18H26IN5O4. The molecule has 2 aliphatic heterocycles. The Balaban J connectivity index is 0.00000280. The van der Waals surface area contributed by atoms with Gasteiger partial charge in [0, 0.05) is 58.5 Å². The number of ether oxygens (including phenoxy) is 1. The molecule has 0 saturated carbocycles. The molecule has 2 aliphatic rings. The zero-order chi connectivity index (χ0) is 19.2. The highest BCUT2D eigenvalue weighted by atomic mass is 127. The normalized spacial score (nSPS) is 19.9. The van der Waals surface area contributed by atoms with E-state index in [0.29, 0.717) is 39.3 Å². The number of carbonyl (C=O) groups excluding carboxylic acids is 1. The molecule has 1 aromatic carbocycles. The highest BCUT2D eigenvalue weighted by Gasteiger charge is 2.30. The number of hydrogen-bond donors (Lipinski definition) is 1. The van der Waals surface area contributed by atoms with Gasteiger partial charge in [-0.25, -0.2) is 0 Å². The van der Waals surface area contributed by atoms with E-state index in [1.165, 1.54) is 6.07 Å². The first-order valence-electron chi connectivity index (χ1n) is 9.18. The second-order valence-electron chi connectivity index (χ2n) is 6.64. The molecule has 9 nitrogen and oxygen atoms in total. The van der Waals surface area contributed by atoms with Crippen LogP contribution in [-0.2, 0) is 16.1 Å². The van der Waals surface area contributed by atoms with Crippen molar-refractivity contribution < 1.29 is 14.5 Å². The van der Waals surface area contributed by atoms with Gasteiger partial charge in [0.15, 0.2) is 5.96 Å². The van der Waals surface area contributed by atoms with Gasteiger partial charge in [0.2, 0.25) is 0 Å². The van der Waals surface area contributed by atoms with Crippen LogP contribution < -0.4 is 5.32 Å². The van der Waals surface area contributed by atoms with Crippen LogP contribution in [0.4, 0.5) is 5.69 Å². The topological polar surface area (TPSA) is 100 Å². The lowest BCUT2D eigenvalue weighted by molar-refractivity contribution is -0.384. The summed E-state index contributed by atoms with van der Waals surface area (Å²) in [5.74, 6) is 0.817. The molecule has 3 rings (SSSR count). The summed E-state index contributed by atoms with van der Waals surface area (Å²) in [6, 6.07) is 6.54. The summed E-state index contributed by atoms with van der Waals surface area (Å²) in [4.78, 5) is 31.2. The number of nitro benzene ring substituents is 1. The summed E-state index contributed by atoms with van der Waals surface area (Å²) in [6.07, 6.45) is 1.48. The Morgan fingerprint density at radius 1 is 1.32 bits per heavy atom. The molecule has 0 aliphatic carbocycles. The molecule has 0 spiro atoms. The van der Waals surface area contributed by atoms with Crippen molar-refractivity contribution in [1.29, 1.82) is 0 Å². The Morgan fingerprint density at radius 2 is 2.04 bits per heavy atom. The molecular weight excluding hydrogens is 477 g/mol. The fourth-order valence-electron chi connectivity index (χ4n) is 3.41. The Hall–Kier alpha value is -1.95. The third-order valence-electron chi connectivity index (χ3n) is 4.88. The molecule has 28 heavy (non-hydrogen) atoms. The molecule has 1 unspecified atom stereocenters. The first-order chi connectivity index (χ1) is 13.1. The minimum Gasteiger partial charge on any atom is -0.368 e. The Kier molecular flexibility index (Phi) is 8.42. The molecule has 2 heterocycles. The number of carbonyl (C=O) groups is 1. The number of halogens is 1. The molecule has 154 valence electrons. The van der Waals surface area contributed by atoms with E-state index in [0.717, 1.165) is 24.4 Å². The zero-order valence-corrected chi connectivity index (χ0v) is 18.2. The monoisotopic (exact) mass is 503 g/mol. The number of rotatable bonds is 4. The Labute approximate surface area is 181 Å². The number of aliphatic imine (C=N–C) groups is 1. The standard InChI is InChI=1S/C18H25N5O4.HI/c1-19-18(20-13-14-4-2-5-15(12-14)23(25)26)22-9-7-21(8-10-22)17(24)16-6-3-11-27-16;/h2,4-5,12,16H,3,6-11,13H2,1H3,(H,19,20);1H. The highest BCUT2D eigenvalue weighted by Crippen LogP contribution is 2.16. The average molecular weight is 503 g/mol. The first kappa shape index (κ1) is 22.3. The highest BCUT2D eigenvalue weighted by molar-refractivity contribution is 14.0. The fourth-order valence-corrected chi connectivity index (χ4v) is 3.41. The fraction of sp³-hybridized carbons (Fsp3) is 0.556. The second kappa shape index (κ2) is 10.6. The number of nitrogens with one attached hydrogen (secondary N) is 1. The molecule has 2 saturated heterocycles. The summed E-state index contributed by atoms with van der Waals surface area (Å²) in [7, 11) is 1.71. The molecule has 2 fully saturated rings. The smallest absolute Gasteiger partial charge is 0.269 e. The Bertz CT molecular complexity index is 716. The van der Waals surface area contributed by atoms with Crippen molar-refractivity contribution in [3.63, 3.8) is 0 Å². The maximum Gasteiger partial charge on any atom is 0.269 e. The van der Waals surface area contributed by atoms with Gasteiger partial charge < -0.3 is 19.9 Å². The number of guanidine groups is 1. The van der Waals surface area contributed by atoms with E-state index < -0.39 is 4.92 Å². The van der Waals surface area contributed by atoms with Gasteiger partial charge in [-0.15, -0.1) is 24.0 Å². The third-order valence-corrected chi connectivity index (χ3v) is 4.88. The van der Waals surface area contributed by atoms with Crippen molar-refractivity contribution in [2.75, 3.05) is 39.8 Å². The number of hydrogen-bond acceptors (Lipinski definition) is 5. The molecule has 0 aromatic heterocycles. The lowest BCUT2D eigenvalue weighted by atomic mass is 10.2. The van der Waals surface area contributed by atoms with Crippen LogP contribution in [0.15, 0.2) is 29.3 Å². The SMILES string of the molecule is CN=C(NCc1cccc([N+](=O)[O-])c1)N1CCN(C(=O)C2CCCO2)CC1.I. The van der Waals surface area contributed by atoms with Gasteiger partial charge in [-0.1, -0.05) is 12.1 Å². The van der Waals surface area contributed by atoms with E-state index in [4.69, 9.17) is 4.74 Å². The molecule has 0 bridgehead atoms. The lowest BCUT2D eigenvalue weighted by Gasteiger charge is -2.37. The van der Waals surface area contributed by atoms with Gasteiger partial charge in [-0.05, 0) is 18.4 Å². The van der Waals surface area contributed by atoms with Crippen LogP contribution >= 0.6 is 24.0 Å². The molecule has 0 radical (unpaired) electrons. The summed E-state index contributed by atoms with van der Waals surface area (Å²) in [6.45, 7) is 3.76. The summed E-state index contributed by atoms with van der Waals surface area (Å²) in [5, 5.41) is 14.1. The van der Waals surface area contributed by atoms with Crippen molar-refractivity contribution in [1.82, 2.24) is 15.1 Å². The zero-order valence-electron chi connectivity index (χ0n) is 15.9. The van der Waals surface area contributed by atoms with Gasteiger partial charge in [0.25, 0.3) is 11.6 Å². The van der Waals surface area contributed by atoms with Crippen LogP contribution in [0.1, 0.15) is 18.4 Å². The van der Waals surface area contributed by atoms with Gasteiger partial charge in [-0.2, -0.15) is 0 Å². The van der Waals surface area contributed by atoms with Gasteiger partial charge in [-0.3, -0.25) is 19.9 Å². The number of amides is 1. The van der Waals surface area contributed by atoms with Crippen molar-refractivity contribution in [2.45, 2.75) is 25.5 Å². The molecule has 1 aromatic rings. The van der Waals surface area contributed by atoms with E-state index in [-0.39, 0.29) is 41.7 Å². The van der Waals surface area contributed by atoms with E-state index in [1.54, 1.807) is 19.2 Å². The van der Waals surface area contributed by atoms with Crippen molar-refractivity contribution in [3.8, 4) is 0 Å². The van der Waals surface area contributed by atoms with Crippen LogP contribution in [-0.4, -0.2) is 72.5 Å². The molecule has 10 heteroatoms. The van der Waals surface area contributed by atoms with Crippen LogP contribution in [0, 0.1) is 10.1 Å². The lowest BCUT2D eigenvalue weighted by Crippen LogP contribution is -2.55. The minimum absolute atomic E-state index is 0. The summed E-state index contributed by atoms with van der Waals surface area (Å²) >= 11 is 0. The number of non-ortho nitro benzene ring substituents is 1. The van der Waals surface area contributed by atoms with Crippen LogP contribution in [0.5, 0.6) is 0 Å².